The van der Waals surface area contributed by atoms with Gasteiger partial charge in [0.1, 0.15) is 0 Å². The van der Waals surface area contributed by atoms with Crippen molar-refractivity contribution in [2.45, 2.75) is 51.0 Å². The summed E-state index contributed by atoms with van der Waals surface area (Å²) in [5.74, 6) is -1.04. The van der Waals surface area contributed by atoms with E-state index in [9.17, 15) is 14.4 Å². The first-order valence-corrected chi connectivity index (χ1v) is 7.75. The summed E-state index contributed by atoms with van der Waals surface area (Å²) >= 11 is 0. The monoisotopic (exact) mass is 296 g/mol. The molecule has 0 spiro atoms. The summed E-state index contributed by atoms with van der Waals surface area (Å²) in [6, 6.07) is 0.326. The van der Waals surface area contributed by atoms with Crippen LogP contribution in [0.4, 0.5) is 0 Å². The number of amides is 2. The lowest BCUT2D eigenvalue weighted by Crippen LogP contribution is -2.38. The van der Waals surface area contributed by atoms with E-state index in [2.05, 4.69) is 0 Å². The van der Waals surface area contributed by atoms with Crippen LogP contribution in [0.1, 0.15) is 44.9 Å². The molecule has 0 aromatic rings. The zero-order chi connectivity index (χ0) is 15.4. The van der Waals surface area contributed by atoms with Crippen molar-refractivity contribution >= 4 is 17.8 Å². The van der Waals surface area contributed by atoms with Gasteiger partial charge < -0.3 is 14.9 Å². The number of carboxylic acid groups (broad SMARTS) is 1. The SMILES string of the molecule is CN(CCCC(=O)O)C(=O)[C@H]1CC(=O)N(C2CCCC2)C1. The molecule has 6 nitrogen and oxygen atoms in total. The van der Waals surface area contributed by atoms with Crippen molar-refractivity contribution in [3.8, 4) is 0 Å². The standard InChI is InChI=1S/C15H24N2O4/c1-16(8-4-7-14(19)20)15(21)11-9-13(18)17(10-11)12-5-2-3-6-12/h11-12H,2-10H2,1H3,(H,19,20)/t11-/m0/s1. The quantitative estimate of drug-likeness (QED) is 0.796. The van der Waals surface area contributed by atoms with E-state index in [-0.39, 0.29) is 24.2 Å². The van der Waals surface area contributed by atoms with Crippen molar-refractivity contribution < 1.29 is 19.5 Å². The third-order valence-corrected chi connectivity index (χ3v) is 4.53. The lowest BCUT2D eigenvalue weighted by molar-refractivity contribution is -0.138. The Labute approximate surface area is 125 Å². The number of rotatable bonds is 6. The number of aliphatic carboxylic acids is 1. The molecule has 21 heavy (non-hydrogen) atoms. The Morgan fingerprint density at radius 1 is 1.33 bits per heavy atom. The summed E-state index contributed by atoms with van der Waals surface area (Å²) in [6.45, 7) is 0.963. The molecule has 0 bridgehead atoms. The van der Waals surface area contributed by atoms with E-state index in [0.717, 1.165) is 12.8 Å². The van der Waals surface area contributed by atoms with Crippen LogP contribution >= 0.6 is 0 Å². The average Bonchev–Trinajstić information content (AvgIpc) is 3.06. The van der Waals surface area contributed by atoms with Gasteiger partial charge in [-0.25, -0.2) is 0 Å². The van der Waals surface area contributed by atoms with Crippen molar-refractivity contribution in [1.29, 1.82) is 0 Å². The first-order valence-electron chi connectivity index (χ1n) is 7.75. The Hall–Kier alpha value is -1.59. The molecular formula is C15H24N2O4. The second-order valence-electron chi connectivity index (χ2n) is 6.14. The molecule has 1 atom stereocenters. The van der Waals surface area contributed by atoms with E-state index in [1.54, 1.807) is 11.9 Å². The maximum absolute atomic E-state index is 12.3. The predicted octanol–water partition coefficient (Wildman–Crippen LogP) is 1.10. The fraction of sp³-hybridized carbons (Fsp3) is 0.800. The van der Waals surface area contributed by atoms with Crippen LogP contribution in [0.2, 0.25) is 0 Å². The number of hydrogen-bond acceptors (Lipinski definition) is 3. The normalized spacial score (nSPS) is 22.8. The first kappa shape index (κ1) is 15.8. The van der Waals surface area contributed by atoms with Crippen molar-refractivity contribution in [2.75, 3.05) is 20.1 Å². The second-order valence-corrected chi connectivity index (χ2v) is 6.14. The summed E-state index contributed by atoms with van der Waals surface area (Å²) in [6.07, 6.45) is 5.27. The van der Waals surface area contributed by atoms with Crippen LogP contribution in [0.3, 0.4) is 0 Å². The Morgan fingerprint density at radius 2 is 2.00 bits per heavy atom. The molecule has 118 valence electrons. The van der Waals surface area contributed by atoms with Gasteiger partial charge in [0.25, 0.3) is 0 Å². The minimum atomic E-state index is -0.848. The third-order valence-electron chi connectivity index (χ3n) is 4.53. The van der Waals surface area contributed by atoms with E-state index >= 15 is 0 Å². The highest BCUT2D eigenvalue weighted by atomic mass is 16.4. The molecule has 0 aromatic heterocycles. The van der Waals surface area contributed by atoms with Gasteiger partial charge in [0, 0.05) is 39.0 Å². The summed E-state index contributed by atoms with van der Waals surface area (Å²) in [7, 11) is 1.69. The highest BCUT2D eigenvalue weighted by molar-refractivity contribution is 5.89. The highest BCUT2D eigenvalue weighted by Crippen LogP contribution is 2.30. The number of carbonyl (C=O) groups excluding carboxylic acids is 2. The second kappa shape index (κ2) is 6.91. The zero-order valence-electron chi connectivity index (χ0n) is 12.6. The number of carboxylic acids is 1. The van der Waals surface area contributed by atoms with E-state index < -0.39 is 5.97 Å². The highest BCUT2D eigenvalue weighted by Gasteiger charge is 2.39. The molecule has 1 N–H and O–H groups in total. The van der Waals surface area contributed by atoms with Crippen LogP contribution in [-0.2, 0) is 14.4 Å². The Balaban J connectivity index is 1.82. The third kappa shape index (κ3) is 3.95. The van der Waals surface area contributed by atoms with Gasteiger partial charge in [-0.05, 0) is 19.3 Å². The Bertz CT molecular complexity index is 418. The van der Waals surface area contributed by atoms with Gasteiger partial charge in [-0.2, -0.15) is 0 Å². The molecule has 2 fully saturated rings. The van der Waals surface area contributed by atoms with Crippen LogP contribution in [0.25, 0.3) is 0 Å². The molecule has 0 unspecified atom stereocenters. The molecule has 1 aliphatic carbocycles. The van der Waals surface area contributed by atoms with E-state index in [0.29, 0.717) is 32.0 Å². The van der Waals surface area contributed by atoms with Gasteiger partial charge >= 0.3 is 5.97 Å². The Morgan fingerprint density at radius 3 is 2.62 bits per heavy atom. The van der Waals surface area contributed by atoms with Crippen LogP contribution in [0.5, 0.6) is 0 Å². The Kier molecular flexibility index (Phi) is 5.20. The number of carbonyl (C=O) groups is 3. The number of hydrogen-bond donors (Lipinski definition) is 1. The molecule has 1 saturated carbocycles. The molecule has 2 aliphatic rings. The van der Waals surface area contributed by atoms with Gasteiger partial charge in [-0.1, -0.05) is 12.8 Å². The van der Waals surface area contributed by atoms with E-state index in [1.807, 2.05) is 4.90 Å². The van der Waals surface area contributed by atoms with Crippen molar-refractivity contribution in [1.82, 2.24) is 9.80 Å². The van der Waals surface area contributed by atoms with Gasteiger partial charge in [0.2, 0.25) is 11.8 Å². The summed E-state index contributed by atoms with van der Waals surface area (Å²) in [4.78, 5) is 38.3. The summed E-state index contributed by atoms with van der Waals surface area (Å²) in [5.41, 5.74) is 0. The van der Waals surface area contributed by atoms with Gasteiger partial charge in [0.15, 0.2) is 0 Å². The van der Waals surface area contributed by atoms with Crippen molar-refractivity contribution in [2.24, 2.45) is 5.92 Å². The number of likely N-dealkylation sites (tertiary alicyclic amines) is 1. The van der Waals surface area contributed by atoms with Crippen molar-refractivity contribution in [3.63, 3.8) is 0 Å². The van der Waals surface area contributed by atoms with Gasteiger partial charge in [0.05, 0.1) is 5.92 Å². The molecular weight excluding hydrogens is 272 g/mol. The maximum Gasteiger partial charge on any atom is 0.303 e. The molecule has 1 saturated heterocycles. The molecule has 6 heteroatoms. The van der Waals surface area contributed by atoms with E-state index in [1.165, 1.54) is 12.8 Å². The fourth-order valence-electron chi connectivity index (χ4n) is 3.36. The van der Waals surface area contributed by atoms with Gasteiger partial charge in [-0.15, -0.1) is 0 Å². The summed E-state index contributed by atoms with van der Waals surface area (Å²) in [5, 5.41) is 8.61. The average molecular weight is 296 g/mol. The smallest absolute Gasteiger partial charge is 0.303 e. The zero-order valence-corrected chi connectivity index (χ0v) is 12.6. The van der Waals surface area contributed by atoms with Crippen LogP contribution in [-0.4, -0.2) is 58.9 Å². The molecule has 2 amide bonds. The molecule has 1 aliphatic heterocycles. The van der Waals surface area contributed by atoms with Crippen molar-refractivity contribution in [3.05, 3.63) is 0 Å². The van der Waals surface area contributed by atoms with Crippen LogP contribution < -0.4 is 0 Å². The fourth-order valence-corrected chi connectivity index (χ4v) is 3.36. The van der Waals surface area contributed by atoms with Gasteiger partial charge in [-0.3, -0.25) is 14.4 Å². The topological polar surface area (TPSA) is 77.9 Å². The number of nitrogens with zero attached hydrogens (tertiary/aromatic N) is 2. The minimum Gasteiger partial charge on any atom is -0.481 e. The first-order chi connectivity index (χ1) is 9.99. The van der Waals surface area contributed by atoms with E-state index in [4.69, 9.17) is 5.11 Å². The van der Waals surface area contributed by atoms with Crippen LogP contribution in [0.15, 0.2) is 0 Å². The molecule has 1 heterocycles. The minimum absolute atomic E-state index is 0.0331. The lowest BCUT2D eigenvalue weighted by atomic mass is 10.1. The lowest BCUT2D eigenvalue weighted by Gasteiger charge is -2.25. The molecule has 2 rings (SSSR count). The predicted molar refractivity (Wildman–Crippen MR) is 76.6 cm³/mol. The molecule has 0 radical (unpaired) electrons. The van der Waals surface area contributed by atoms with Crippen LogP contribution in [0, 0.1) is 5.92 Å². The maximum atomic E-state index is 12.3. The molecule has 0 aromatic carbocycles. The summed E-state index contributed by atoms with van der Waals surface area (Å²) < 4.78 is 0. The largest absolute Gasteiger partial charge is 0.481 e.